The van der Waals surface area contributed by atoms with Gasteiger partial charge in [0.2, 0.25) is 0 Å². The summed E-state index contributed by atoms with van der Waals surface area (Å²) in [6, 6.07) is 1.75. The molecule has 1 aromatic carbocycles. The lowest BCUT2D eigenvalue weighted by Crippen LogP contribution is -2.32. The van der Waals surface area contributed by atoms with Crippen LogP contribution in [0.1, 0.15) is 17.3 Å². The fourth-order valence-corrected chi connectivity index (χ4v) is 1.62. The van der Waals surface area contributed by atoms with Crippen LogP contribution in [0.25, 0.3) is 0 Å². The summed E-state index contributed by atoms with van der Waals surface area (Å²) in [4.78, 5) is 11.7. The van der Waals surface area contributed by atoms with Crippen molar-refractivity contribution in [2.24, 2.45) is 5.84 Å². The molecule has 0 heterocycles. The number of nitrogen functional groups attached to an aromatic ring is 1. The average molecular weight is 291 g/mol. The Bertz CT molecular complexity index is 488. The van der Waals surface area contributed by atoms with Crippen molar-refractivity contribution in [1.29, 1.82) is 0 Å². The molecule has 0 bridgehead atoms. The topological polar surface area (TPSA) is 84.2 Å². The van der Waals surface area contributed by atoms with Gasteiger partial charge in [0.15, 0.2) is 11.6 Å². The lowest BCUT2D eigenvalue weighted by atomic mass is 10.1. The summed E-state index contributed by atoms with van der Waals surface area (Å²) < 4.78 is 37.9. The van der Waals surface area contributed by atoms with Crippen molar-refractivity contribution in [1.82, 2.24) is 5.32 Å². The number of carbonyl (C=O) groups is 1. The SMILES string of the molecule is CC(CNC(=O)c1cc(F)c(NN)c(F)c1)S(C)=O. The molecule has 5 nitrogen and oxygen atoms in total. The fourth-order valence-electron chi connectivity index (χ4n) is 1.30. The average Bonchev–Trinajstić information content (AvgIpc) is 2.34. The summed E-state index contributed by atoms with van der Waals surface area (Å²) in [7, 11) is -1.09. The fraction of sp³-hybridized carbons (Fsp3) is 0.364. The van der Waals surface area contributed by atoms with E-state index < -0.39 is 34.0 Å². The molecule has 1 amide bonds. The number of carbonyl (C=O) groups excluding carboxylic acids is 1. The van der Waals surface area contributed by atoms with Crippen molar-refractivity contribution in [2.45, 2.75) is 12.2 Å². The van der Waals surface area contributed by atoms with Gasteiger partial charge in [0.1, 0.15) is 5.69 Å². The van der Waals surface area contributed by atoms with Crippen molar-refractivity contribution in [3.05, 3.63) is 29.3 Å². The Morgan fingerprint density at radius 1 is 1.42 bits per heavy atom. The van der Waals surface area contributed by atoms with Crippen LogP contribution in [0.15, 0.2) is 12.1 Å². The van der Waals surface area contributed by atoms with Crippen LogP contribution in [0.4, 0.5) is 14.5 Å². The Kier molecular flexibility index (Phi) is 5.37. The van der Waals surface area contributed by atoms with Crippen LogP contribution in [-0.2, 0) is 10.8 Å². The molecule has 2 unspecified atom stereocenters. The Morgan fingerprint density at radius 3 is 2.37 bits per heavy atom. The standard InChI is InChI=1S/C11H15F2N3O2S/c1-6(19(2)18)5-15-11(17)7-3-8(12)10(16-14)9(13)4-7/h3-4,6,16H,5,14H2,1-2H3,(H,15,17). The molecule has 8 heteroatoms. The van der Waals surface area contributed by atoms with Gasteiger partial charge in [0.25, 0.3) is 5.91 Å². The quantitative estimate of drug-likeness (QED) is 0.552. The second kappa shape index (κ2) is 6.58. The summed E-state index contributed by atoms with van der Waals surface area (Å²) in [5.74, 6) is 2.39. The maximum absolute atomic E-state index is 13.4. The number of anilines is 1. The van der Waals surface area contributed by atoms with E-state index in [0.29, 0.717) is 0 Å². The summed E-state index contributed by atoms with van der Waals surface area (Å²) in [5.41, 5.74) is 1.21. The predicted molar refractivity (Wildman–Crippen MR) is 70.0 cm³/mol. The van der Waals surface area contributed by atoms with Gasteiger partial charge in [-0.2, -0.15) is 0 Å². The van der Waals surface area contributed by atoms with Crippen molar-refractivity contribution in [3.8, 4) is 0 Å². The molecule has 106 valence electrons. The van der Waals surface area contributed by atoms with Crippen LogP contribution < -0.4 is 16.6 Å². The number of hydrazine groups is 1. The van der Waals surface area contributed by atoms with E-state index in [9.17, 15) is 17.8 Å². The van der Waals surface area contributed by atoms with E-state index in [-0.39, 0.29) is 17.4 Å². The van der Waals surface area contributed by atoms with E-state index in [0.717, 1.165) is 12.1 Å². The first-order valence-corrected chi connectivity index (χ1v) is 7.05. The van der Waals surface area contributed by atoms with Gasteiger partial charge in [-0.05, 0) is 19.1 Å². The second-order valence-electron chi connectivity index (χ2n) is 3.98. The molecule has 4 N–H and O–H groups in total. The summed E-state index contributed by atoms with van der Waals surface area (Å²) >= 11 is 0. The highest BCUT2D eigenvalue weighted by molar-refractivity contribution is 7.84. The van der Waals surface area contributed by atoms with Gasteiger partial charge >= 0.3 is 0 Å². The molecule has 0 fully saturated rings. The number of hydrogen-bond acceptors (Lipinski definition) is 4. The van der Waals surface area contributed by atoms with Crippen LogP contribution in [-0.4, -0.2) is 28.2 Å². The van der Waals surface area contributed by atoms with Gasteiger partial charge in [-0.25, -0.2) is 8.78 Å². The number of benzene rings is 1. The molecule has 0 aliphatic carbocycles. The van der Waals surface area contributed by atoms with Crippen LogP contribution in [0.5, 0.6) is 0 Å². The van der Waals surface area contributed by atoms with Gasteiger partial charge in [0, 0.05) is 34.4 Å². The van der Waals surface area contributed by atoms with Crippen LogP contribution in [0, 0.1) is 11.6 Å². The zero-order chi connectivity index (χ0) is 14.6. The van der Waals surface area contributed by atoms with Gasteiger partial charge in [-0.1, -0.05) is 0 Å². The van der Waals surface area contributed by atoms with Crippen molar-refractivity contribution in [3.63, 3.8) is 0 Å². The largest absolute Gasteiger partial charge is 0.351 e. The predicted octanol–water partition coefficient (Wildman–Crippen LogP) is 0.747. The van der Waals surface area contributed by atoms with Crippen molar-refractivity contribution < 1.29 is 17.8 Å². The first kappa shape index (κ1) is 15.5. The third-order valence-electron chi connectivity index (χ3n) is 2.57. The first-order valence-electron chi connectivity index (χ1n) is 5.43. The second-order valence-corrected chi connectivity index (χ2v) is 5.78. The van der Waals surface area contributed by atoms with Crippen molar-refractivity contribution in [2.75, 3.05) is 18.2 Å². The van der Waals surface area contributed by atoms with Gasteiger partial charge in [-0.15, -0.1) is 0 Å². The monoisotopic (exact) mass is 291 g/mol. The molecule has 0 aromatic heterocycles. The number of amides is 1. The third kappa shape index (κ3) is 3.97. The van der Waals surface area contributed by atoms with Crippen LogP contribution in [0.2, 0.25) is 0 Å². The molecule has 0 saturated heterocycles. The number of nitrogens with one attached hydrogen (secondary N) is 2. The normalized spacial score (nSPS) is 13.7. The molecular weight excluding hydrogens is 276 g/mol. The number of halogens is 2. The molecule has 0 saturated carbocycles. The highest BCUT2D eigenvalue weighted by atomic mass is 32.2. The molecule has 0 aliphatic heterocycles. The number of rotatable bonds is 5. The summed E-state index contributed by atoms with van der Waals surface area (Å²) in [6.45, 7) is 1.85. The van der Waals surface area contributed by atoms with E-state index in [2.05, 4.69) is 5.32 Å². The molecule has 2 atom stereocenters. The van der Waals surface area contributed by atoms with Gasteiger partial charge < -0.3 is 10.7 Å². The summed E-state index contributed by atoms with van der Waals surface area (Å²) in [5, 5.41) is 2.21. The number of hydrogen-bond donors (Lipinski definition) is 3. The van der Waals surface area contributed by atoms with E-state index in [1.54, 1.807) is 6.92 Å². The minimum absolute atomic E-state index is 0.155. The minimum atomic E-state index is -1.09. The molecule has 0 radical (unpaired) electrons. The molecular formula is C11H15F2N3O2S. The Morgan fingerprint density at radius 2 is 1.95 bits per heavy atom. The number of nitrogens with two attached hydrogens (primary N) is 1. The lowest BCUT2D eigenvalue weighted by Gasteiger charge is -2.11. The van der Waals surface area contributed by atoms with E-state index in [4.69, 9.17) is 5.84 Å². The maximum Gasteiger partial charge on any atom is 0.251 e. The Hall–Kier alpha value is -1.54. The Labute approximate surface area is 112 Å². The minimum Gasteiger partial charge on any atom is -0.351 e. The molecule has 1 rings (SSSR count). The first-order chi connectivity index (χ1) is 8.86. The molecule has 0 aliphatic rings. The molecule has 1 aromatic rings. The lowest BCUT2D eigenvalue weighted by molar-refractivity contribution is 0.0953. The zero-order valence-corrected chi connectivity index (χ0v) is 11.3. The highest BCUT2D eigenvalue weighted by Crippen LogP contribution is 2.19. The van der Waals surface area contributed by atoms with Crippen LogP contribution in [0.3, 0.4) is 0 Å². The van der Waals surface area contributed by atoms with E-state index >= 15 is 0 Å². The zero-order valence-electron chi connectivity index (χ0n) is 10.5. The maximum atomic E-state index is 13.4. The molecule has 0 spiro atoms. The van der Waals surface area contributed by atoms with Gasteiger partial charge in [0.05, 0.1) is 0 Å². The Balaban J connectivity index is 2.81. The van der Waals surface area contributed by atoms with Crippen molar-refractivity contribution >= 4 is 22.4 Å². The van der Waals surface area contributed by atoms with E-state index in [1.165, 1.54) is 6.26 Å². The highest BCUT2D eigenvalue weighted by Gasteiger charge is 2.15. The smallest absolute Gasteiger partial charge is 0.251 e. The van der Waals surface area contributed by atoms with E-state index in [1.807, 2.05) is 5.43 Å². The van der Waals surface area contributed by atoms with Gasteiger partial charge in [-0.3, -0.25) is 14.8 Å². The summed E-state index contributed by atoms with van der Waals surface area (Å²) in [6.07, 6.45) is 1.51. The van der Waals surface area contributed by atoms with Crippen LogP contribution >= 0.6 is 0 Å². The molecule has 19 heavy (non-hydrogen) atoms. The third-order valence-corrected chi connectivity index (χ3v) is 3.87.